The number of likely N-dealkylation sites (tertiary alicyclic amines) is 1. The topological polar surface area (TPSA) is 94.2 Å². The van der Waals surface area contributed by atoms with Crippen LogP contribution in [0.2, 0.25) is 0 Å². The zero-order valence-electron chi connectivity index (χ0n) is 28.2. The second kappa shape index (κ2) is 17.7. The number of methoxy groups -OCH3 is 2. The summed E-state index contributed by atoms with van der Waals surface area (Å²) < 4.78 is 17.5. The first-order valence-electron chi connectivity index (χ1n) is 16.3. The van der Waals surface area contributed by atoms with Gasteiger partial charge < -0.3 is 24.4 Å². The highest BCUT2D eigenvalue weighted by Crippen LogP contribution is 2.31. The lowest BCUT2D eigenvalue weighted by Crippen LogP contribution is -2.53. The second-order valence-corrected chi connectivity index (χ2v) is 13.2. The number of amides is 2. The average molecular weight is 603 g/mol. The van der Waals surface area contributed by atoms with E-state index in [1.807, 2.05) is 56.0 Å². The summed E-state index contributed by atoms with van der Waals surface area (Å²) in [5.74, 6) is -0.554. The molecule has 1 aliphatic heterocycles. The molecule has 8 nitrogen and oxygen atoms in total. The van der Waals surface area contributed by atoms with Gasteiger partial charge in [-0.2, -0.15) is 0 Å². The predicted octanol–water partition coefficient (Wildman–Crippen LogP) is 5.96. The van der Waals surface area contributed by atoms with E-state index in [2.05, 4.69) is 26.1 Å². The van der Waals surface area contributed by atoms with Crippen LogP contribution >= 0.6 is 0 Å². The number of nitrogens with zero attached hydrogens (tertiary/aromatic N) is 1. The van der Waals surface area contributed by atoms with Gasteiger partial charge in [-0.1, -0.05) is 77.3 Å². The van der Waals surface area contributed by atoms with Crippen molar-refractivity contribution in [3.63, 3.8) is 0 Å². The van der Waals surface area contributed by atoms with Crippen LogP contribution in [0.4, 0.5) is 0 Å². The van der Waals surface area contributed by atoms with Crippen LogP contribution in [0.3, 0.4) is 0 Å². The maximum Gasteiger partial charge on any atom is 0.329 e. The first-order chi connectivity index (χ1) is 20.4. The summed E-state index contributed by atoms with van der Waals surface area (Å²) in [5, 5.41) is 2.95. The van der Waals surface area contributed by atoms with Crippen molar-refractivity contribution in [2.45, 2.75) is 130 Å². The van der Waals surface area contributed by atoms with Crippen molar-refractivity contribution < 1.29 is 28.6 Å². The minimum Gasteiger partial charge on any atom is -0.458 e. The number of unbranched alkanes of at least 4 members (excludes halogenated alkanes) is 1. The first-order valence-corrected chi connectivity index (χ1v) is 16.3. The highest BCUT2D eigenvalue weighted by atomic mass is 16.6. The quantitative estimate of drug-likeness (QED) is 0.221. The van der Waals surface area contributed by atoms with Crippen LogP contribution in [-0.2, 0) is 35.0 Å². The lowest BCUT2D eigenvalue weighted by molar-refractivity contribution is -0.159. The van der Waals surface area contributed by atoms with Crippen molar-refractivity contribution in [2.75, 3.05) is 20.8 Å². The van der Waals surface area contributed by atoms with E-state index in [9.17, 15) is 14.4 Å². The molecule has 1 aromatic rings. The van der Waals surface area contributed by atoms with Gasteiger partial charge in [-0.25, -0.2) is 4.79 Å². The molecule has 1 saturated heterocycles. The smallest absolute Gasteiger partial charge is 0.329 e. The van der Waals surface area contributed by atoms with E-state index in [0.717, 1.165) is 44.1 Å². The first kappa shape index (κ1) is 36.7. The molecule has 0 unspecified atom stereocenters. The molecule has 0 radical (unpaired) electrons. The minimum absolute atomic E-state index is 0.0459. The molecule has 1 aromatic carbocycles. The Morgan fingerprint density at radius 2 is 1.72 bits per heavy atom. The van der Waals surface area contributed by atoms with Crippen molar-refractivity contribution in [1.82, 2.24) is 10.2 Å². The fraction of sp³-hybridized carbons (Fsp3) is 0.743. The van der Waals surface area contributed by atoms with Gasteiger partial charge in [0.1, 0.15) is 11.6 Å². The fourth-order valence-electron chi connectivity index (χ4n) is 6.28. The van der Waals surface area contributed by atoms with Crippen LogP contribution in [0.1, 0.15) is 99.0 Å². The molecule has 244 valence electrons. The summed E-state index contributed by atoms with van der Waals surface area (Å²) in [4.78, 5) is 42.4. The van der Waals surface area contributed by atoms with Gasteiger partial charge in [0.2, 0.25) is 11.8 Å². The van der Waals surface area contributed by atoms with Crippen LogP contribution in [0, 0.1) is 17.8 Å². The van der Waals surface area contributed by atoms with Crippen LogP contribution in [0.25, 0.3) is 0 Å². The number of hydrogen-bond donors (Lipinski definition) is 1. The Hall–Kier alpha value is -2.45. The fourth-order valence-corrected chi connectivity index (χ4v) is 6.28. The third-order valence-corrected chi connectivity index (χ3v) is 8.89. The molecule has 43 heavy (non-hydrogen) atoms. The van der Waals surface area contributed by atoms with Gasteiger partial charge in [0.15, 0.2) is 0 Å². The number of carbonyl (C=O) groups excluding carboxylic acids is 3. The number of esters is 1. The van der Waals surface area contributed by atoms with E-state index >= 15 is 0 Å². The van der Waals surface area contributed by atoms with Crippen molar-refractivity contribution in [3.05, 3.63) is 35.9 Å². The number of nitrogens with one attached hydrogen (secondary N) is 1. The molecule has 2 rings (SSSR count). The van der Waals surface area contributed by atoms with Crippen LogP contribution in [0.5, 0.6) is 0 Å². The Balaban J connectivity index is 2.19. The van der Waals surface area contributed by atoms with Gasteiger partial charge >= 0.3 is 5.97 Å². The lowest BCUT2D eigenvalue weighted by Gasteiger charge is -2.36. The lowest BCUT2D eigenvalue weighted by atomic mass is 9.81. The molecule has 7 atom stereocenters. The van der Waals surface area contributed by atoms with Gasteiger partial charge in [0.05, 0.1) is 30.6 Å². The van der Waals surface area contributed by atoms with Crippen molar-refractivity contribution in [2.24, 2.45) is 17.8 Å². The van der Waals surface area contributed by atoms with E-state index in [-0.39, 0.29) is 24.0 Å². The monoisotopic (exact) mass is 602 g/mol. The SMILES string of the molecule is CCCC[C@@H]([C@@H](C)CC)[C@@H](CC(=O)N1CCC[C@H]1[C@H](OC)[C@@H](C)C(=O)N[C@@H](Cc1ccccc1)C(=O)OC(C)(C)C)OC. The minimum atomic E-state index is -0.849. The van der Waals surface area contributed by atoms with Crippen molar-refractivity contribution in [3.8, 4) is 0 Å². The summed E-state index contributed by atoms with van der Waals surface area (Å²) in [5.41, 5.74) is 0.233. The Morgan fingerprint density at radius 1 is 1.05 bits per heavy atom. The molecule has 8 heteroatoms. The molecule has 1 fully saturated rings. The molecule has 0 saturated carbocycles. The number of rotatable bonds is 17. The Bertz CT molecular complexity index is 994. The maximum atomic E-state index is 13.8. The molecule has 1 heterocycles. The number of carbonyl (C=O) groups is 3. The van der Waals surface area contributed by atoms with Crippen molar-refractivity contribution in [1.29, 1.82) is 0 Å². The predicted molar refractivity (Wildman–Crippen MR) is 171 cm³/mol. The van der Waals surface area contributed by atoms with Crippen LogP contribution in [-0.4, -0.2) is 73.3 Å². The summed E-state index contributed by atoms with van der Waals surface area (Å²) in [6.07, 6.45) is 5.88. The Labute approximate surface area is 260 Å². The highest BCUT2D eigenvalue weighted by molar-refractivity contribution is 5.86. The Kier molecular flexibility index (Phi) is 15.2. The van der Waals surface area contributed by atoms with Gasteiger partial charge in [-0.3, -0.25) is 9.59 Å². The van der Waals surface area contributed by atoms with Gasteiger partial charge in [0, 0.05) is 27.2 Å². The number of hydrogen-bond acceptors (Lipinski definition) is 6. The van der Waals surface area contributed by atoms with Crippen LogP contribution < -0.4 is 5.32 Å². The largest absolute Gasteiger partial charge is 0.458 e. The van der Waals surface area contributed by atoms with Crippen molar-refractivity contribution >= 4 is 17.8 Å². The van der Waals surface area contributed by atoms with E-state index in [4.69, 9.17) is 14.2 Å². The third-order valence-electron chi connectivity index (χ3n) is 8.89. The zero-order valence-corrected chi connectivity index (χ0v) is 28.2. The van der Waals surface area contributed by atoms with E-state index in [0.29, 0.717) is 31.2 Å². The molecule has 1 aliphatic rings. The van der Waals surface area contributed by atoms with Crippen LogP contribution in [0.15, 0.2) is 30.3 Å². The molecule has 0 aliphatic carbocycles. The van der Waals surface area contributed by atoms with E-state index < -0.39 is 29.6 Å². The van der Waals surface area contributed by atoms with Gasteiger partial charge in [0.25, 0.3) is 0 Å². The molecule has 0 spiro atoms. The molecular formula is C35H58N2O6. The zero-order chi connectivity index (χ0) is 32.2. The second-order valence-electron chi connectivity index (χ2n) is 13.2. The molecular weight excluding hydrogens is 544 g/mol. The number of benzene rings is 1. The summed E-state index contributed by atoms with van der Waals surface area (Å²) in [6.45, 7) is 14.5. The van der Waals surface area contributed by atoms with Gasteiger partial charge in [-0.05, 0) is 57.4 Å². The van der Waals surface area contributed by atoms with Gasteiger partial charge in [-0.15, -0.1) is 0 Å². The summed E-state index contributed by atoms with van der Waals surface area (Å²) in [7, 11) is 3.30. The number of ether oxygens (including phenoxy) is 3. The molecule has 0 bridgehead atoms. The average Bonchev–Trinajstić information content (AvgIpc) is 3.45. The van der Waals surface area contributed by atoms with E-state index in [1.54, 1.807) is 21.1 Å². The maximum absolute atomic E-state index is 13.8. The normalized spacial score (nSPS) is 19.7. The third kappa shape index (κ3) is 11.2. The Morgan fingerprint density at radius 3 is 2.28 bits per heavy atom. The van der Waals surface area contributed by atoms with E-state index in [1.165, 1.54) is 0 Å². The molecule has 1 N–H and O–H groups in total. The molecule has 0 aromatic heterocycles. The summed E-state index contributed by atoms with van der Waals surface area (Å²) in [6, 6.07) is 8.49. The highest BCUT2D eigenvalue weighted by Gasteiger charge is 2.41. The molecule has 2 amide bonds. The summed E-state index contributed by atoms with van der Waals surface area (Å²) >= 11 is 0. The standard InChI is InChI=1S/C35H58N2O6/c1-10-12-19-27(24(3)11-2)30(41-8)23-31(38)37-21-16-20-29(37)32(42-9)25(4)33(39)36-28(34(40)43-35(5,6)7)22-26-17-14-13-15-18-26/h13-15,17-18,24-25,27-30,32H,10-12,16,19-23H2,1-9H3,(H,36,39)/t24-,25+,27-,28-,29-,30+,32+/m0/s1.